The molecule has 1 rings (SSSR count). The van der Waals surface area contributed by atoms with Crippen molar-refractivity contribution in [3.05, 3.63) is 24.0 Å². The first kappa shape index (κ1) is 17.4. The van der Waals surface area contributed by atoms with Crippen LogP contribution in [0, 0.1) is 5.82 Å². The minimum atomic E-state index is -3.96. The highest BCUT2D eigenvalue weighted by atomic mass is 32.2. The normalized spacial score (nSPS) is 12.9. The Morgan fingerprint density at radius 2 is 2.00 bits per heavy atom. The second kappa shape index (κ2) is 7.40. The molecular formula is C14H21FN2O3S. The van der Waals surface area contributed by atoms with Crippen molar-refractivity contribution in [1.82, 2.24) is 5.32 Å². The van der Waals surface area contributed by atoms with E-state index >= 15 is 0 Å². The molecule has 0 saturated heterocycles. The summed E-state index contributed by atoms with van der Waals surface area (Å²) >= 11 is 0. The summed E-state index contributed by atoms with van der Waals surface area (Å²) in [6.45, 7) is 3.74. The summed E-state index contributed by atoms with van der Waals surface area (Å²) in [4.78, 5) is 11.6. The van der Waals surface area contributed by atoms with Crippen molar-refractivity contribution in [2.45, 2.75) is 43.3 Å². The molecule has 21 heavy (non-hydrogen) atoms. The highest BCUT2D eigenvalue weighted by Crippen LogP contribution is 2.20. The van der Waals surface area contributed by atoms with Crippen LogP contribution < -0.4 is 11.1 Å². The number of nitrogen functional groups attached to an aromatic ring is 1. The zero-order valence-electron chi connectivity index (χ0n) is 12.2. The second-order valence-electron chi connectivity index (χ2n) is 4.91. The van der Waals surface area contributed by atoms with Crippen molar-refractivity contribution in [2.24, 2.45) is 0 Å². The van der Waals surface area contributed by atoms with E-state index in [2.05, 4.69) is 5.32 Å². The number of halogens is 1. The van der Waals surface area contributed by atoms with Gasteiger partial charge in [0.2, 0.25) is 5.91 Å². The number of benzene rings is 1. The Labute approximate surface area is 124 Å². The summed E-state index contributed by atoms with van der Waals surface area (Å²) < 4.78 is 37.8. The molecule has 3 N–H and O–H groups in total. The van der Waals surface area contributed by atoms with Crippen LogP contribution in [-0.2, 0) is 14.6 Å². The van der Waals surface area contributed by atoms with E-state index in [1.165, 1.54) is 6.92 Å². The van der Waals surface area contributed by atoms with E-state index < -0.39 is 26.8 Å². The van der Waals surface area contributed by atoms with Crippen LogP contribution in [0.15, 0.2) is 23.1 Å². The van der Waals surface area contributed by atoms with E-state index in [1.54, 1.807) is 0 Å². The Morgan fingerprint density at radius 3 is 2.57 bits per heavy atom. The summed E-state index contributed by atoms with van der Waals surface area (Å²) in [6, 6.07) is 3.04. The van der Waals surface area contributed by atoms with Gasteiger partial charge >= 0.3 is 0 Å². The number of hydrogen-bond donors (Lipinski definition) is 2. The lowest BCUT2D eigenvalue weighted by Gasteiger charge is -2.14. The maximum absolute atomic E-state index is 13.3. The molecule has 1 aromatic carbocycles. The van der Waals surface area contributed by atoms with E-state index in [4.69, 9.17) is 5.73 Å². The molecule has 0 saturated carbocycles. The third kappa shape index (κ3) is 4.70. The van der Waals surface area contributed by atoms with Crippen LogP contribution >= 0.6 is 0 Å². The van der Waals surface area contributed by atoms with Crippen LogP contribution in [0.25, 0.3) is 0 Å². The van der Waals surface area contributed by atoms with Gasteiger partial charge in [0.1, 0.15) is 11.1 Å². The number of anilines is 1. The van der Waals surface area contributed by atoms with Crippen LogP contribution in [0.3, 0.4) is 0 Å². The van der Waals surface area contributed by atoms with Gasteiger partial charge in [-0.05, 0) is 31.5 Å². The lowest BCUT2D eigenvalue weighted by atomic mass is 10.2. The van der Waals surface area contributed by atoms with Gasteiger partial charge in [-0.1, -0.05) is 19.8 Å². The average molecular weight is 316 g/mol. The predicted molar refractivity (Wildman–Crippen MR) is 80.0 cm³/mol. The molecule has 1 amide bonds. The number of nitrogens with two attached hydrogens (primary N) is 1. The SMILES string of the molecule is CCCCCNC(=O)C(C)S(=O)(=O)c1cc(N)cc(F)c1. The van der Waals surface area contributed by atoms with Gasteiger partial charge in [0.15, 0.2) is 9.84 Å². The van der Waals surface area contributed by atoms with Gasteiger partial charge in [0, 0.05) is 12.2 Å². The molecule has 0 spiro atoms. The number of carbonyl (C=O) groups is 1. The summed E-state index contributed by atoms with van der Waals surface area (Å²) in [7, 11) is -3.96. The van der Waals surface area contributed by atoms with Gasteiger partial charge in [0.25, 0.3) is 0 Å². The van der Waals surface area contributed by atoms with Gasteiger partial charge in [-0.15, -0.1) is 0 Å². The maximum Gasteiger partial charge on any atom is 0.238 e. The number of sulfone groups is 1. The summed E-state index contributed by atoms with van der Waals surface area (Å²) in [5.74, 6) is -1.34. The molecule has 0 aliphatic carbocycles. The zero-order chi connectivity index (χ0) is 16.0. The van der Waals surface area contributed by atoms with Crippen LogP contribution in [0.5, 0.6) is 0 Å². The quantitative estimate of drug-likeness (QED) is 0.594. The molecule has 0 heterocycles. The van der Waals surface area contributed by atoms with Crippen molar-refractivity contribution >= 4 is 21.4 Å². The van der Waals surface area contributed by atoms with Gasteiger partial charge in [-0.25, -0.2) is 12.8 Å². The van der Waals surface area contributed by atoms with Gasteiger partial charge in [0.05, 0.1) is 4.90 Å². The van der Waals surface area contributed by atoms with E-state index in [9.17, 15) is 17.6 Å². The zero-order valence-corrected chi connectivity index (χ0v) is 13.0. The molecule has 0 bridgehead atoms. The lowest BCUT2D eigenvalue weighted by molar-refractivity contribution is -0.120. The van der Waals surface area contributed by atoms with Crippen LogP contribution in [-0.4, -0.2) is 26.1 Å². The van der Waals surface area contributed by atoms with Crippen molar-refractivity contribution in [1.29, 1.82) is 0 Å². The minimum Gasteiger partial charge on any atom is -0.399 e. The van der Waals surface area contributed by atoms with Crippen molar-refractivity contribution in [3.63, 3.8) is 0 Å². The Balaban J connectivity index is 2.83. The van der Waals surface area contributed by atoms with Gasteiger partial charge in [-0.3, -0.25) is 4.79 Å². The molecule has 5 nitrogen and oxygen atoms in total. The largest absolute Gasteiger partial charge is 0.399 e. The Hall–Kier alpha value is -1.63. The third-order valence-electron chi connectivity index (χ3n) is 3.14. The van der Waals surface area contributed by atoms with Crippen molar-refractivity contribution < 1.29 is 17.6 Å². The molecule has 1 unspecified atom stereocenters. The van der Waals surface area contributed by atoms with Gasteiger partial charge in [-0.2, -0.15) is 0 Å². The summed E-state index contributed by atoms with van der Waals surface area (Å²) in [5, 5.41) is 1.29. The first-order valence-corrected chi connectivity index (χ1v) is 8.41. The molecule has 118 valence electrons. The fourth-order valence-corrected chi connectivity index (χ4v) is 3.17. The Morgan fingerprint density at radius 1 is 1.33 bits per heavy atom. The predicted octanol–water partition coefficient (Wildman–Crippen LogP) is 1.88. The number of unbranched alkanes of at least 4 members (excludes halogenated alkanes) is 2. The molecule has 7 heteroatoms. The van der Waals surface area contributed by atoms with Crippen molar-refractivity contribution in [3.8, 4) is 0 Å². The van der Waals surface area contributed by atoms with Crippen LogP contribution in [0.1, 0.15) is 33.1 Å². The number of carbonyl (C=O) groups excluding carboxylic acids is 1. The van der Waals surface area contributed by atoms with Gasteiger partial charge < -0.3 is 11.1 Å². The molecule has 1 atom stereocenters. The highest BCUT2D eigenvalue weighted by molar-refractivity contribution is 7.92. The standard InChI is InChI=1S/C14H21FN2O3S/c1-3-4-5-6-17-14(18)10(2)21(19,20)13-8-11(15)7-12(16)9-13/h7-10H,3-6,16H2,1-2H3,(H,17,18). The summed E-state index contributed by atoms with van der Waals surface area (Å²) in [5.41, 5.74) is 5.44. The monoisotopic (exact) mass is 316 g/mol. The fraction of sp³-hybridized carbons (Fsp3) is 0.500. The number of rotatable bonds is 7. The lowest BCUT2D eigenvalue weighted by Crippen LogP contribution is -2.38. The Kier molecular flexibility index (Phi) is 6.14. The van der Waals surface area contributed by atoms with E-state index in [0.717, 1.165) is 37.5 Å². The van der Waals surface area contributed by atoms with Crippen LogP contribution in [0.4, 0.5) is 10.1 Å². The number of nitrogens with one attached hydrogen (secondary N) is 1. The number of amides is 1. The molecular weight excluding hydrogens is 295 g/mol. The maximum atomic E-state index is 13.3. The minimum absolute atomic E-state index is 0.00382. The topological polar surface area (TPSA) is 89.3 Å². The molecule has 0 aliphatic rings. The second-order valence-corrected chi connectivity index (χ2v) is 7.17. The smallest absolute Gasteiger partial charge is 0.238 e. The van der Waals surface area contributed by atoms with E-state index in [-0.39, 0.29) is 10.6 Å². The fourth-order valence-electron chi connectivity index (χ4n) is 1.82. The molecule has 0 aromatic heterocycles. The van der Waals surface area contributed by atoms with Crippen LogP contribution in [0.2, 0.25) is 0 Å². The first-order chi connectivity index (χ1) is 9.78. The Bertz CT molecular complexity index is 582. The highest BCUT2D eigenvalue weighted by Gasteiger charge is 2.30. The molecule has 0 fully saturated rings. The first-order valence-electron chi connectivity index (χ1n) is 6.86. The third-order valence-corrected chi connectivity index (χ3v) is 5.17. The summed E-state index contributed by atoms with van der Waals surface area (Å²) in [6.07, 6.45) is 2.76. The average Bonchev–Trinajstić information content (AvgIpc) is 2.41. The van der Waals surface area contributed by atoms with Crippen molar-refractivity contribution in [2.75, 3.05) is 12.3 Å². The van der Waals surface area contributed by atoms with E-state index in [1.807, 2.05) is 6.92 Å². The number of hydrogen-bond acceptors (Lipinski definition) is 4. The molecule has 0 aliphatic heterocycles. The van der Waals surface area contributed by atoms with E-state index in [0.29, 0.717) is 6.54 Å². The molecule has 0 radical (unpaired) electrons. The molecule has 1 aromatic rings.